The molecule has 4 rings (SSSR count). The summed E-state index contributed by atoms with van der Waals surface area (Å²) < 4.78 is 4.97. The Morgan fingerprint density at radius 2 is 1.62 bits per heavy atom. The molecule has 29 heavy (non-hydrogen) atoms. The van der Waals surface area contributed by atoms with Crippen molar-refractivity contribution < 1.29 is 9.21 Å². The standard InChI is InChI=1S/C23H18N4O2/c28-23(7-6-17-10-13-29-16-17)27-22-15-19(9-12-25-22)18-8-11-24-21(14-18)26-20-4-2-1-3-5-20/h1-16H,(H,24,26)(H,25,27,28)/b7-6+. The summed E-state index contributed by atoms with van der Waals surface area (Å²) in [5.41, 5.74) is 3.67. The van der Waals surface area contributed by atoms with Gasteiger partial charge in [-0.2, -0.15) is 0 Å². The van der Waals surface area contributed by atoms with Gasteiger partial charge >= 0.3 is 0 Å². The summed E-state index contributed by atoms with van der Waals surface area (Å²) in [6.45, 7) is 0. The van der Waals surface area contributed by atoms with Crippen molar-refractivity contribution in [2.45, 2.75) is 0 Å². The second-order valence-electron chi connectivity index (χ2n) is 6.23. The van der Waals surface area contributed by atoms with Gasteiger partial charge in [0.2, 0.25) is 5.91 Å². The highest BCUT2D eigenvalue weighted by Gasteiger charge is 2.05. The summed E-state index contributed by atoms with van der Waals surface area (Å²) in [4.78, 5) is 20.7. The van der Waals surface area contributed by atoms with E-state index in [0.717, 1.165) is 28.2 Å². The minimum absolute atomic E-state index is 0.267. The van der Waals surface area contributed by atoms with Crippen molar-refractivity contribution in [2.24, 2.45) is 0 Å². The zero-order chi connectivity index (χ0) is 19.9. The van der Waals surface area contributed by atoms with Gasteiger partial charge in [-0.3, -0.25) is 4.79 Å². The minimum atomic E-state index is -0.267. The summed E-state index contributed by atoms with van der Waals surface area (Å²) in [5.74, 6) is 0.940. The van der Waals surface area contributed by atoms with Crippen LogP contribution in [0.4, 0.5) is 17.3 Å². The molecule has 0 atom stereocenters. The SMILES string of the molecule is O=C(/C=C/c1ccoc1)Nc1cc(-c2ccnc(Nc3ccccc3)c2)ccn1. The Balaban J connectivity index is 1.48. The fraction of sp³-hybridized carbons (Fsp3) is 0. The van der Waals surface area contributed by atoms with Gasteiger partial charge in [0.15, 0.2) is 0 Å². The predicted molar refractivity (Wildman–Crippen MR) is 114 cm³/mol. The molecule has 1 amide bonds. The van der Waals surface area contributed by atoms with Gasteiger partial charge in [-0.25, -0.2) is 9.97 Å². The fourth-order valence-electron chi connectivity index (χ4n) is 2.74. The Bertz CT molecular complexity index is 1120. The van der Waals surface area contributed by atoms with Crippen LogP contribution in [0.2, 0.25) is 0 Å². The Kier molecular flexibility index (Phi) is 5.43. The van der Waals surface area contributed by atoms with Gasteiger partial charge in [-0.1, -0.05) is 18.2 Å². The van der Waals surface area contributed by atoms with E-state index in [9.17, 15) is 4.79 Å². The average Bonchev–Trinajstić information content (AvgIpc) is 3.27. The van der Waals surface area contributed by atoms with Gasteiger partial charge in [-0.05, 0) is 59.7 Å². The van der Waals surface area contributed by atoms with Crippen LogP contribution in [0, 0.1) is 0 Å². The van der Waals surface area contributed by atoms with Gasteiger partial charge < -0.3 is 15.1 Å². The van der Waals surface area contributed by atoms with Crippen LogP contribution in [-0.4, -0.2) is 15.9 Å². The summed E-state index contributed by atoms with van der Waals surface area (Å²) >= 11 is 0. The van der Waals surface area contributed by atoms with E-state index in [0.29, 0.717) is 5.82 Å². The first-order valence-electron chi connectivity index (χ1n) is 9.02. The Morgan fingerprint density at radius 1 is 0.897 bits per heavy atom. The molecule has 1 aromatic carbocycles. The van der Waals surface area contributed by atoms with E-state index in [1.807, 2.05) is 54.6 Å². The summed E-state index contributed by atoms with van der Waals surface area (Å²) in [7, 11) is 0. The predicted octanol–water partition coefficient (Wildman–Crippen LogP) is 5.13. The number of furan rings is 1. The molecule has 3 heterocycles. The highest BCUT2D eigenvalue weighted by atomic mass is 16.3. The zero-order valence-electron chi connectivity index (χ0n) is 15.4. The maximum absolute atomic E-state index is 12.1. The first kappa shape index (κ1) is 18.2. The molecule has 2 N–H and O–H groups in total. The van der Waals surface area contributed by atoms with E-state index < -0.39 is 0 Å². The Labute approximate surface area is 168 Å². The molecular weight excluding hydrogens is 364 g/mol. The van der Waals surface area contributed by atoms with E-state index in [2.05, 4.69) is 20.6 Å². The number of para-hydroxylation sites is 1. The fourth-order valence-corrected chi connectivity index (χ4v) is 2.74. The maximum Gasteiger partial charge on any atom is 0.249 e. The first-order chi connectivity index (χ1) is 14.3. The molecule has 0 fully saturated rings. The topological polar surface area (TPSA) is 80.0 Å². The number of carbonyl (C=O) groups is 1. The first-order valence-corrected chi connectivity index (χ1v) is 9.02. The Hall–Kier alpha value is -4.19. The molecule has 6 heteroatoms. The highest BCUT2D eigenvalue weighted by Crippen LogP contribution is 2.24. The molecular formula is C23H18N4O2. The van der Waals surface area contributed by atoms with Gasteiger partial charge in [0, 0.05) is 29.7 Å². The number of rotatable bonds is 6. The van der Waals surface area contributed by atoms with Crippen molar-refractivity contribution in [1.29, 1.82) is 0 Å². The van der Waals surface area contributed by atoms with E-state index in [-0.39, 0.29) is 5.91 Å². The van der Waals surface area contributed by atoms with Gasteiger partial charge in [-0.15, -0.1) is 0 Å². The Morgan fingerprint density at radius 3 is 2.34 bits per heavy atom. The van der Waals surface area contributed by atoms with Crippen LogP contribution in [0.3, 0.4) is 0 Å². The molecule has 0 aliphatic carbocycles. The van der Waals surface area contributed by atoms with Gasteiger partial charge in [0.05, 0.1) is 12.5 Å². The van der Waals surface area contributed by atoms with Gasteiger partial charge in [0.1, 0.15) is 11.6 Å². The quantitative estimate of drug-likeness (QED) is 0.452. The van der Waals surface area contributed by atoms with Gasteiger partial charge in [0.25, 0.3) is 0 Å². The number of hydrogen-bond donors (Lipinski definition) is 2. The number of nitrogens with one attached hydrogen (secondary N) is 2. The van der Waals surface area contributed by atoms with Crippen molar-refractivity contribution in [3.05, 3.63) is 97.2 Å². The largest absolute Gasteiger partial charge is 0.472 e. The molecule has 3 aromatic heterocycles. The maximum atomic E-state index is 12.1. The third-order valence-corrected chi connectivity index (χ3v) is 4.12. The summed E-state index contributed by atoms with van der Waals surface area (Å²) in [5, 5.41) is 6.05. The number of anilines is 3. The van der Waals surface area contributed by atoms with Crippen LogP contribution < -0.4 is 10.6 Å². The zero-order valence-corrected chi connectivity index (χ0v) is 15.4. The number of carbonyl (C=O) groups excluding carboxylic acids is 1. The number of nitrogens with zero attached hydrogens (tertiary/aromatic N) is 2. The molecule has 142 valence electrons. The normalized spacial score (nSPS) is 10.8. The van der Waals surface area contributed by atoms with Crippen LogP contribution >= 0.6 is 0 Å². The van der Waals surface area contributed by atoms with E-state index >= 15 is 0 Å². The molecule has 0 aliphatic heterocycles. The molecule has 0 saturated carbocycles. The van der Waals surface area contributed by atoms with Crippen molar-refractivity contribution >= 4 is 29.3 Å². The second kappa shape index (κ2) is 8.67. The van der Waals surface area contributed by atoms with E-state index in [1.165, 1.54) is 6.08 Å². The number of pyridine rings is 2. The van der Waals surface area contributed by atoms with Crippen molar-refractivity contribution in [3.63, 3.8) is 0 Å². The lowest BCUT2D eigenvalue weighted by Crippen LogP contribution is -2.09. The van der Waals surface area contributed by atoms with Crippen LogP contribution in [0.1, 0.15) is 5.56 Å². The molecule has 0 radical (unpaired) electrons. The van der Waals surface area contributed by atoms with E-state index in [1.54, 1.807) is 37.1 Å². The molecule has 0 spiro atoms. The molecule has 6 nitrogen and oxygen atoms in total. The highest BCUT2D eigenvalue weighted by molar-refractivity contribution is 6.01. The van der Waals surface area contributed by atoms with Crippen molar-refractivity contribution in [3.8, 4) is 11.1 Å². The molecule has 4 aromatic rings. The number of benzene rings is 1. The smallest absolute Gasteiger partial charge is 0.249 e. The minimum Gasteiger partial charge on any atom is -0.472 e. The van der Waals surface area contributed by atoms with Crippen LogP contribution in [-0.2, 0) is 4.79 Å². The molecule has 0 aliphatic rings. The van der Waals surface area contributed by atoms with E-state index in [4.69, 9.17) is 4.42 Å². The third kappa shape index (κ3) is 4.95. The number of hydrogen-bond acceptors (Lipinski definition) is 5. The lowest BCUT2D eigenvalue weighted by atomic mass is 10.1. The lowest BCUT2D eigenvalue weighted by Gasteiger charge is -2.09. The van der Waals surface area contributed by atoms with Crippen LogP contribution in [0.5, 0.6) is 0 Å². The van der Waals surface area contributed by atoms with Crippen LogP contribution in [0.15, 0.2) is 96.1 Å². The molecule has 0 unspecified atom stereocenters. The monoisotopic (exact) mass is 382 g/mol. The van der Waals surface area contributed by atoms with Crippen LogP contribution in [0.25, 0.3) is 17.2 Å². The average molecular weight is 382 g/mol. The summed E-state index contributed by atoms with van der Waals surface area (Å²) in [6.07, 6.45) is 9.63. The second-order valence-corrected chi connectivity index (χ2v) is 6.23. The number of amides is 1. The number of aromatic nitrogens is 2. The molecule has 0 saturated heterocycles. The molecule has 0 bridgehead atoms. The lowest BCUT2D eigenvalue weighted by molar-refractivity contribution is -0.111. The van der Waals surface area contributed by atoms with Crippen molar-refractivity contribution in [1.82, 2.24) is 9.97 Å². The summed E-state index contributed by atoms with van der Waals surface area (Å²) in [6, 6.07) is 19.2. The van der Waals surface area contributed by atoms with Crippen molar-refractivity contribution in [2.75, 3.05) is 10.6 Å². The third-order valence-electron chi connectivity index (χ3n) is 4.12.